The molecule has 1 unspecified atom stereocenters. The quantitative estimate of drug-likeness (QED) is 0.303. The van der Waals surface area contributed by atoms with Crippen molar-refractivity contribution >= 4 is 35.5 Å². The van der Waals surface area contributed by atoms with Crippen LogP contribution in [0.4, 0.5) is 9.59 Å². The van der Waals surface area contributed by atoms with Crippen molar-refractivity contribution in [1.29, 1.82) is 0 Å². The Morgan fingerprint density at radius 3 is 2.40 bits per heavy atom. The number of hydrogen-bond acceptors (Lipinski definition) is 8. The Morgan fingerprint density at radius 2 is 1.70 bits per heavy atom. The third kappa shape index (κ3) is 9.55. The number of hydrogen-bond donors (Lipinski definition) is 3. The van der Waals surface area contributed by atoms with Crippen LogP contribution >= 0.6 is 11.6 Å². The summed E-state index contributed by atoms with van der Waals surface area (Å²) in [5.74, 6) is -0.515. The minimum Gasteiger partial charge on any atom is -0.485 e. The highest BCUT2D eigenvalue weighted by atomic mass is 35.5. The number of aromatic nitrogens is 2. The van der Waals surface area contributed by atoms with Gasteiger partial charge < -0.3 is 30.3 Å². The summed E-state index contributed by atoms with van der Waals surface area (Å²) < 4.78 is 11.6. The molecule has 1 aromatic carbocycles. The molecule has 2 fully saturated rings. The molecule has 13 nitrogen and oxygen atoms in total. The molecule has 2 aromatic rings. The zero-order chi connectivity index (χ0) is 36.0. The number of carbonyl (C=O) groups is 4. The van der Waals surface area contributed by atoms with Crippen LogP contribution in [0.15, 0.2) is 36.7 Å². The Bertz CT molecular complexity index is 1510. The molecule has 50 heavy (non-hydrogen) atoms. The number of halogens is 1. The Kier molecular flexibility index (Phi) is 12.1. The second-order valence-electron chi connectivity index (χ2n) is 14.6. The average molecular weight is 712 g/mol. The van der Waals surface area contributed by atoms with Crippen molar-refractivity contribution in [2.45, 2.75) is 121 Å². The van der Waals surface area contributed by atoms with Gasteiger partial charge in [0.1, 0.15) is 30.0 Å². The first-order valence-electron chi connectivity index (χ1n) is 17.6. The van der Waals surface area contributed by atoms with E-state index < -0.39 is 48.0 Å². The monoisotopic (exact) mass is 711 g/mol. The maximum atomic E-state index is 14.6. The van der Waals surface area contributed by atoms with Gasteiger partial charge in [-0.15, -0.1) is 0 Å². The molecule has 5 amide bonds. The number of amides is 5. The first kappa shape index (κ1) is 37.1. The fourth-order valence-corrected chi connectivity index (χ4v) is 7.14. The van der Waals surface area contributed by atoms with Crippen LogP contribution in [0.3, 0.4) is 0 Å². The Hall–Kier alpha value is -4.13. The molecule has 0 bridgehead atoms. The predicted octanol–water partition coefficient (Wildman–Crippen LogP) is 5.13. The molecule has 272 valence electrons. The maximum Gasteiger partial charge on any atom is 0.410 e. The van der Waals surface area contributed by atoms with Crippen molar-refractivity contribution in [2.24, 2.45) is 5.92 Å². The van der Waals surface area contributed by atoms with Gasteiger partial charge in [-0.2, -0.15) is 0 Å². The van der Waals surface area contributed by atoms with E-state index in [-0.39, 0.29) is 29.7 Å². The van der Waals surface area contributed by atoms with Crippen LogP contribution in [0.25, 0.3) is 0 Å². The molecule has 3 N–H and O–H groups in total. The number of carbonyl (C=O) groups excluding carboxylic acids is 4. The number of aryl methyl sites for hydroxylation is 1. The summed E-state index contributed by atoms with van der Waals surface area (Å²) >= 11 is 5.87. The van der Waals surface area contributed by atoms with Gasteiger partial charge in [-0.05, 0) is 88.4 Å². The normalized spacial score (nSPS) is 22.0. The van der Waals surface area contributed by atoms with Crippen molar-refractivity contribution in [1.82, 2.24) is 35.7 Å². The van der Waals surface area contributed by atoms with Gasteiger partial charge in [-0.3, -0.25) is 14.5 Å². The Balaban J connectivity index is 1.35. The van der Waals surface area contributed by atoms with Crippen LogP contribution in [0.2, 0.25) is 5.28 Å². The van der Waals surface area contributed by atoms with Crippen LogP contribution in [0, 0.1) is 5.92 Å². The second-order valence-corrected chi connectivity index (χ2v) is 14.9. The number of rotatable bonds is 9. The van der Waals surface area contributed by atoms with E-state index in [2.05, 4.69) is 32.0 Å². The molecule has 2 aliphatic carbocycles. The van der Waals surface area contributed by atoms with Crippen molar-refractivity contribution < 1.29 is 28.7 Å². The fraction of sp³-hybridized carbons (Fsp3) is 0.611. The highest BCUT2D eigenvalue weighted by Gasteiger charge is 2.43. The zero-order valence-corrected chi connectivity index (χ0v) is 30.4. The van der Waals surface area contributed by atoms with Crippen LogP contribution in [0.5, 0.6) is 5.75 Å². The predicted molar refractivity (Wildman–Crippen MR) is 187 cm³/mol. The van der Waals surface area contributed by atoms with Crippen molar-refractivity contribution in [3.63, 3.8) is 0 Å². The van der Waals surface area contributed by atoms with Crippen LogP contribution < -0.4 is 20.7 Å². The number of benzene rings is 1. The summed E-state index contributed by atoms with van der Waals surface area (Å²) in [5.41, 5.74) is 1.59. The van der Waals surface area contributed by atoms with Crippen LogP contribution in [0.1, 0.15) is 96.2 Å². The summed E-state index contributed by atoms with van der Waals surface area (Å²) in [5, 5.41) is 9.25. The summed E-state index contributed by atoms with van der Waals surface area (Å²) in [7, 11) is 1.50. The van der Waals surface area contributed by atoms with E-state index in [1.54, 1.807) is 32.6 Å². The molecule has 5 atom stereocenters. The van der Waals surface area contributed by atoms with Gasteiger partial charge in [-0.1, -0.05) is 43.5 Å². The minimum absolute atomic E-state index is 0.0821. The molecule has 0 radical (unpaired) electrons. The molecular weight excluding hydrogens is 662 g/mol. The minimum atomic E-state index is -0.902. The average Bonchev–Trinajstić information content (AvgIpc) is 3.48. The molecule has 0 spiro atoms. The lowest BCUT2D eigenvalue weighted by atomic mass is 9.83. The lowest BCUT2D eigenvalue weighted by molar-refractivity contribution is -0.140. The third-order valence-corrected chi connectivity index (χ3v) is 9.94. The largest absolute Gasteiger partial charge is 0.485 e. The molecular formula is C36H50ClN7O6. The highest BCUT2D eigenvalue weighted by molar-refractivity contribution is 6.28. The van der Waals surface area contributed by atoms with E-state index in [4.69, 9.17) is 21.1 Å². The SMILES string of the molecule is C[C@@H](C(=O)N[C@H](C(=O)N1CC(Oc2cnc(Cl)nc2)C[C@H]1NC(=O)N[C@@H]1CCCc2ccccc21)C1CCCCC1)N(C)C(=O)OC(C)(C)C. The number of urea groups is 1. The van der Waals surface area contributed by atoms with E-state index in [0.717, 1.165) is 56.9 Å². The van der Waals surface area contributed by atoms with Gasteiger partial charge in [0.15, 0.2) is 5.75 Å². The number of ether oxygens (including phenoxy) is 2. The molecule has 1 aromatic heterocycles. The second kappa shape index (κ2) is 16.3. The van der Waals surface area contributed by atoms with Crippen molar-refractivity contribution in [3.05, 3.63) is 53.1 Å². The van der Waals surface area contributed by atoms with Gasteiger partial charge in [0, 0.05) is 13.5 Å². The summed E-state index contributed by atoms with van der Waals surface area (Å²) in [6.45, 7) is 7.03. The highest BCUT2D eigenvalue weighted by Crippen LogP contribution is 2.31. The summed E-state index contributed by atoms with van der Waals surface area (Å²) in [4.78, 5) is 65.5. The van der Waals surface area contributed by atoms with Gasteiger partial charge in [-0.25, -0.2) is 19.6 Å². The smallest absolute Gasteiger partial charge is 0.410 e. The van der Waals surface area contributed by atoms with Crippen LogP contribution in [-0.4, -0.2) is 87.3 Å². The topological polar surface area (TPSA) is 155 Å². The van der Waals surface area contributed by atoms with Gasteiger partial charge in [0.25, 0.3) is 0 Å². The van der Waals surface area contributed by atoms with E-state index in [1.807, 2.05) is 18.2 Å². The third-order valence-electron chi connectivity index (χ3n) is 9.74. The maximum absolute atomic E-state index is 14.6. The zero-order valence-electron chi connectivity index (χ0n) is 29.6. The Labute approximate surface area is 299 Å². The van der Waals surface area contributed by atoms with Gasteiger partial charge in [0.2, 0.25) is 17.1 Å². The standard InChI is InChI=1S/C36H50ClN7O6/c1-22(43(5)35(48)50-36(2,3)4)31(45)42-30(24-13-7-6-8-14-24)32(46)44-21-25(49-26-19-38-33(37)39-20-26)18-29(44)41-34(47)40-28-17-11-15-23-12-9-10-16-27(23)28/h9-10,12,16,19-20,22,24-25,28-30H,6-8,11,13-15,17-18,21H2,1-5H3,(H,42,45)(H2,40,41,47)/t22-,25?,28+,29-,30-/m0/s1. The lowest BCUT2D eigenvalue weighted by Crippen LogP contribution is -2.59. The van der Waals surface area contributed by atoms with E-state index in [0.29, 0.717) is 12.2 Å². The van der Waals surface area contributed by atoms with Crippen molar-refractivity contribution in [3.8, 4) is 5.75 Å². The molecule has 1 saturated carbocycles. The Morgan fingerprint density at radius 1 is 1.00 bits per heavy atom. The van der Waals surface area contributed by atoms with E-state index in [9.17, 15) is 19.2 Å². The number of nitrogens with one attached hydrogen (secondary N) is 3. The fourth-order valence-electron chi connectivity index (χ4n) is 7.04. The van der Waals surface area contributed by atoms with Crippen molar-refractivity contribution in [2.75, 3.05) is 13.6 Å². The molecule has 1 saturated heterocycles. The first-order valence-corrected chi connectivity index (χ1v) is 18.0. The summed E-state index contributed by atoms with van der Waals surface area (Å²) in [6, 6.07) is 5.80. The molecule has 14 heteroatoms. The van der Waals surface area contributed by atoms with Crippen LogP contribution in [-0.2, 0) is 20.7 Å². The molecule has 5 rings (SSSR count). The summed E-state index contributed by atoms with van der Waals surface area (Å²) in [6.07, 6.45) is 8.57. The molecule has 3 aliphatic rings. The number of likely N-dealkylation sites (tertiary alicyclic amines) is 1. The molecule has 2 heterocycles. The lowest BCUT2D eigenvalue weighted by Gasteiger charge is -2.36. The number of nitrogens with zero attached hydrogens (tertiary/aromatic N) is 4. The number of likely N-dealkylation sites (N-methyl/N-ethyl adjacent to an activating group) is 1. The first-order chi connectivity index (χ1) is 23.8. The van der Waals surface area contributed by atoms with Gasteiger partial charge in [0.05, 0.1) is 25.0 Å². The van der Waals surface area contributed by atoms with E-state index in [1.165, 1.54) is 29.9 Å². The van der Waals surface area contributed by atoms with Gasteiger partial charge >= 0.3 is 12.1 Å². The molecule has 1 aliphatic heterocycles. The number of fused-ring (bicyclic) bond motifs is 1. The van der Waals surface area contributed by atoms with E-state index >= 15 is 0 Å².